The van der Waals surface area contributed by atoms with Gasteiger partial charge in [0.25, 0.3) is 0 Å². The average Bonchev–Trinajstić information content (AvgIpc) is 3.00. The van der Waals surface area contributed by atoms with Gasteiger partial charge in [0.2, 0.25) is 5.91 Å². The van der Waals surface area contributed by atoms with E-state index in [4.69, 9.17) is 11.6 Å². The van der Waals surface area contributed by atoms with Crippen LogP contribution in [-0.2, 0) is 10.5 Å². The van der Waals surface area contributed by atoms with Crippen LogP contribution in [0, 0.1) is 0 Å². The molecule has 0 unspecified atom stereocenters. The maximum atomic E-state index is 12.1. The number of fused-ring (bicyclic) bond motifs is 1. The molecule has 1 N–H and O–H groups in total. The summed E-state index contributed by atoms with van der Waals surface area (Å²) >= 11 is 7.65. The van der Waals surface area contributed by atoms with Crippen molar-refractivity contribution in [1.82, 2.24) is 14.8 Å². The molecule has 0 aliphatic carbocycles. The number of rotatable bonds is 6. The van der Waals surface area contributed by atoms with Crippen LogP contribution in [0.2, 0.25) is 5.02 Å². The number of pyridine rings is 1. The molecule has 25 heavy (non-hydrogen) atoms. The van der Waals surface area contributed by atoms with Crippen LogP contribution in [0.4, 0.5) is 5.69 Å². The normalized spacial score (nSPS) is 11.2. The van der Waals surface area contributed by atoms with Gasteiger partial charge in [-0.15, -0.1) is 11.8 Å². The molecule has 0 saturated carbocycles. The predicted molar refractivity (Wildman–Crippen MR) is 104 cm³/mol. The van der Waals surface area contributed by atoms with Gasteiger partial charge < -0.3 is 5.32 Å². The quantitative estimate of drug-likeness (QED) is 0.688. The number of halogens is 1. The fraction of sp³-hybridized carbons (Fsp3) is 0.278. The van der Waals surface area contributed by atoms with Crippen molar-refractivity contribution in [2.24, 2.45) is 0 Å². The minimum atomic E-state index is -0.0607. The molecule has 2 heterocycles. The summed E-state index contributed by atoms with van der Waals surface area (Å²) in [5, 5.41) is 8.85. The van der Waals surface area contributed by atoms with E-state index in [0.717, 1.165) is 21.6 Å². The molecule has 130 valence electrons. The van der Waals surface area contributed by atoms with Gasteiger partial charge in [0.05, 0.1) is 23.8 Å². The van der Waals surface area contributed by atoms with Gasteiger partial charge in [0.1, 0.15) is 0 Å². The second kappa shape index (κ2) is 7.89. The monoisotopic (exact) mass is 374 g/mol. The molecule has 5 nitrogen and oxygen atoms in total. The zero-order valence-electron chi connectivity index (χ0n) is 14.1. The number of benzene rings is 1. The summed E-state index contributed by atoms with van der Waals surface area (Å²) in [7, 11) is 0. The van der Waals surface area contributed by atoms with Gasteiger partial charge in [-0.1, -0.05) is 29.8 Å². The Morgan fingerprint density at radius 2 is 2.12 bits per heavy atom. The topological polar surface area (TPSA) is 59.8 Å². The van der Waals surface area contributed by atoms with E-state index in [1.165, 1.54) is 11.8 Å². The Hall–Kier alpha value is -2.05. The van der Waals surface area contributed by atoms with Crippen molar-refractivity contribution in [1.29, 1.82) is 0 Å². The highest BCUT2D eigenvalue weighted by Gasteiger charge is 2.09. The van der Waals surface area contributed by atoms with E-state index in [-0.39, 0.29) is 11.9 Å². The van der Waals surface area contributed by atoms with Crippen molar-refractivity contribution >= 4 is 46.0 Å². The highest BCUT2D eigenvalue weighted by atomic mass is 35.5. The summed E-state index contributed by atoms with van der Waals surface area (Å²) in [6.07, 6.45) is 3.43. The van der Waals surface area contributed by atoms with Crippen molar-refractivity contribution in [3.8, 4) is 0 Å². The van der Waals surface area contributed by atoms with E-state index in [1.54, 1.807) is 12.4 Å². The summed E-state index contributed by atoms with van der Waals surface area (Å²) in [4.78, 5) is 16.5. The van der Waals surface area contributed by atoms with Gasteiger partial charge in [0.15, 0.2) is 5.65 Å². The standard InChI is InChI=1S/C18H19ClN4OS/c1-12(2)23-18-14(8-21-23)7-15(9-20-18)22-17(24)11-25-10-13-5-3-4-6-16(13)19/h3-9,12H,10-11H2,1-2H3,(H,22,24). The van der Waals surface area contributed by atoms with Gasteiger partial charge in [-0.05, 0) is 31.5 Å². The highest BCUT2D eigenvalue weighted by molar-refractivity contribution is 7.99. The maximum absolute atomic E-state index is 12.1. The Labute approximate surface area is 155 Å². The van der Waals surface area contributed by atoms with Crippen molar-refractivity contribution in [3.63, 3.8) is 0 Å². The number of nitrogens with one attached hydrogen (secondary N) is 1. The Balaban J connectivity index is 1.57. The molecular weight excluding hydrogens is 356 g/mol. The number of nitrogens with zero attached hydrogens (tertiary/aromatic N) is 3. The minimum absolute atomic E-state index is 0.0607. The second-order valence-electron chi connectivity index (χ2n) is 5.95. The van der Waals surface area contributed by atoms with Gasteiger partial charge in [-0.3, -0.25) is 4.79 Å². The van der Waals surface area contributed by atoms with Crippen LogP contribution in [0.15, 0.2) is 42.7 Å². The third-order valence-corrected chi connectivity index (χ3v) is 5.00. The molecule has 3 aromatic rings. The number of hydrogen-bond donors (Lipinski definition) is 1. The van der Waals surface area contributed by atoms with E-state index < -0.39 is 0 Å². The number of amides is 1. The predicted octanol–water partition coefficient (Wildman–Crippen LogP) is 4.54. The lowest BCUT2D eigenvalue weighted by Crippen LogP contribution is -2.14. The lowest BCUT2D eigenvalue weighted by atomic mass is 10.2. The largest absolute Gasteiger partial charge is 0.324 e. The zero-order chi connectivity index (χ0) is 17.8. The molecule has 0 spiro atoms. The number of hydrogen-bond acceptors (Lipinski definition) is 4. The smallest absolute Gasteiger partial charge is 0.234 e. The molecule has 2 aromatic heterocycles. The average molecular weight is 375 g/mol. The van der Waals surface area contributed by atoms with Crippen LogP contribution in [0.1, 0.15) is 25.5 Å². The van der Waals surface area contributed by atoms with Crippen molar-refractivity contribution in [3.05, 3.63) is 53.3 Å². The SMILES string of the molecule is CC(C)n1ncc2cc(NC(=O)CSCc3ccccc3Cl)cnc21. The maximum Gasteiger partial charge on any atom is 0.234 e. The molecule has 0 saturated heterocycles. The Bertz CT molecular complexity index is 894. The van der Waals surface area contributed by atoms with E-state index in [0.29, 0.717) is 17.2 Å². The fourth-order valence-corrected chi connectivity index (χ4v) is 3.57. The molecule has 3 rings (SSSR count). The summed E-state index contributed by atoms with van der Waals surface area (Å²) < 4.78 is 1.86. The van der Waals surface area contributed by atoms with Crippen molar-refractivity contribution in [2.45, 2.75) is 25.6 Å². The Morgan fingerprint density at radius 3 is 2.88 bits per heavy atom. The highest BCUT2D eigenvalue weighted by Crippen LogP contribution is 2.22. The fourth-order valence-electron chi connectivity index (χ4n) is 2.45. The van der Waals surface area contributed by atoms with Crippen LogP contribution in [-0.4, -0.2) is 26.4 Å². The molecule has 0 bridgehead atoms. The lowest BCUT2D eigenvalue weighted by molar-refractivity contribution is -0.113. The molecule has 7 heteroatoms. The van der Waals surface area contributed by atoms with Gasteiger partial charge >= 0.3 is 0 Å². The zero-order valence-corrected chi connectivity index (χ0v) is 15.6. The first-order valence-corrected chi connectivity index (χ1v) is 9.52. The number of carbonyl (C=O) groups is 1. The minimum Gasteiger partial charge on any atom is -0.324 e. The molecule has 0 aliphatic rings. The first-order valence-electron chi connectivity index (χ1n) is 7.99. The third-order valence-electron chi connectivity index (χ3n) is 3.65. The van der Waals surface area contributed by atoms with E-state index in [1.807, 2.05) is 35.0 Å². The summed E-state index contributed by atoms with van der Waals surface area (Å²) in [5.74, 6) is 0.995. The number of aromatic nitrogens is 3. The van der Waals surface area contributed by atoms with Gasteiger partial charge in [-0.25, -0.2) is 9.67 Å². The Kier molecular flexibility index (Phi) is 5.60. The molecule has 0 atom stereocenters. The van der Waals surface area contributed by atoms with E-state index in [2.05, 4.69) is 29.2 Å². The number of anilines is 1. The first-order chi connectivity index (χ1) is 12.0. The molecular formula is C18H19ClN4OS. The molecule has 0 aliphatic heterocycles. The number of carbonyl (C=O) groups excluding carboxylic acids is 1. The van der Waals surface area contributed by atoms with Crippen molar-refractivity contribution < 1.29 is 4.79 Å². The summed E-state index contributed by atoms with van der Waals surface area (Å²) in [6.45, 7) is 4.11. The molecule has 0 radical (unpaired) electrons. The third kappa shape index (κ3) is 4.32. The van der Waals surface area contributed by atoms with Crippen LogP contribution in [0.5, 0.6) is 0 Å². The molecule has 0 fully saturated rings. The second-order valence-corrected chi connectivity index (χ2v) is 7.34. The van der Waals surface area contributed by atoms with Crippen LogP contribution >= 0.6 is 23.4 Å². The van der Waals surface area contributed by atoms with Crippen molar-refractivity contribution in [2.75, 3.05) is 11.1 Å². The van der Waals surface area contributed by atoms with Gasteiger partial charge in [-0.2, -0.15) is 5.10 Å². The first kappa shape index (κ1) is 17.8. The van der Waals surface area contributed by atoms with Crippen LogP contribution < -0.4 is 5.32 Å². The summed E-state index contributed by atoms with van der Waals surface area (Å²) in [5.41, 5.74) is 2.53. The molecule has 1 amide bonds. The molecule has 1 aromatic carbocycles. The summed E-state index contributed by atoms with van der Waals surface area (Å²) in [6, 6.07) is 9.80. The van der Waals surface area contributed by atoms with E-state index in [9.17, 15) is 4.79 Å². The lowest BCUT2D eigenvalue weighted by Gasteiger charge is -2.08. The van der Waals surface area contributed by atoms with Crippen LogP contribution in [0.25, 0.3) is 11.0 Å². The van der Waals surface area contributed by atoms with Crippen LogP contribution in [0.3, 0.4) is 0 Å². The number of thioether (sulfide) groups is 1. The van der Waals surface area contributed by atoms with E-state index >= 15 is 0 Å². The Morgan fingerprint density at radius 1 is 1.32 bits per heavy atom. The van der Waals surface area contributed by atoms with Gasteiger partial charge in [0, 0.05) is 22.2 Å².